The molecule has 0 bridgehead atoms. The van der Waals surface area contributed by atoms with Crippen molar-refractivity contribution in [3.63, 3.8) is 0 Å². The van der Waals surface area contributed by atoms with E-state index in [4.69, 9.17) is 4.74 Å². The first-order chi connectivity index (χ1) is 15.5. The Balaban J connectivity index is 1.31. The van der Waals surface area contributed by atoms with Gasteiger partial charge in [-0.2, -0.15) is 0 Å². The molecule has 0 aromatic heterocycles. The molecular formula is C26H26N2O4. The normalized spacial score (nSPS) is 14.7. The third-order valence-electron chi connectivity index (χ3n) is 5.64. The van der Waals surface area contributed by atoms with Crippen LogP contribution in [0.4, 0.5) is 0 Å². The number of aromatic hydroxyl groups is 1. The van der Waals surface area contributed by atoms with Gasteiger partial charge in [0.2, 0.25) is 0 Å². The molecule has 1 heterocycles. The lowest BCUT2D eigenvalue weighted by Gasteiger charge is -2.36. The van der Waals surface area contributed by atoms with Crippen molar-refractivity contribution in [2.24, 2.45) is 0 Å². The van der Waals surface area contributed by atoms with Crippen LogP contribution in [0.1, 0.15) is 17.3 Å². The summed E-state index contributed by atoms with van der Waals surface area (Å²) < 4.78 is 5.87. The van der Waals surface area contributed by atoms with Crippen molar-refractivity contribution < 1.29 is 19.4 Å². The molecule has 164 valence electrons. The number of benzene rings is 3. The number of ether oxygens (including phenoxy) is 1. The highest BCUT2D eigenvalue weighted by molar-refractivity contribution is 5.97. The predicted molar refractivity (Wildman–Crippen MR) is 123 cm³/mol. The van der Waals surface area contributed by atoms with Crippen LogP contribution in [0.3, 0.4) is 0 Å². The van der Waals surface area contributed by atoms with E-state index in [2.05, 4.69) is 0 Å². The van der Waals surface area contributed by atoms with E-state index < -0.39 is 6.10 Å². The fourth-order valence-electron chi connectivity index (χ4n) is 3.82. The molecule has 3 aromatic carbocycles. The molecule has 0 radical (unpaired) electrons. The Kier molecular flexibility index (Phi) is 6.40. The summed E-state index contributed by atoms with van der Waals surface area (Å²) in [6.45, 7) is 3.43. The Labute approximate surface area is 187 Å². The Morgan fingerprint density at radius 1 is 0.781 bits per heavy atom. The second kappa shape index (κ2) is 9.56. The van der Waals surface area contributed by atoms with Crippen molar-refractivity contribution in [2.75, 3.05) is 26.2 Å². The zero-order chi connectivity index (χ0) is 22.5. The Morgan fingerprint density at radius 3 is 2.00 bits per heavy atom. The van der Waals surface area contributed by atoms with Crippen LogP contribution in [0, 0.1) is 0 Å². The van der Waals surface area contributed by atoms with E-state index in [0.29, 0.717) is 31.9 Å². The summed E-state index contributed by atoms with van der Waals surface area (Å²) in [6.07, 6.45) is -0.627. The number of phenols is 1. The molecule has 1 fully saturated rings. The Bertz CT molecular complexity index is 1070. The first-order valence-electron chi connectivity index (χ1n) is 10.7. The van der Waals surface area contributed by atoms with Gasteiger partial charge in [-0.15, -0.1) is 0 Å². The van der Waals surface area contributed by atoms with Crippen LogP contribution in [-0.4, -0.2) is 59.0 Å². The summed E-state index contributed by atoms with van der Waals surface area (Å²) in [4.78, 5) is 28.9. The second-order valence-corrected chi connectivity index (χ2v) is 7.79. The molecule has 0 aliphatic carbocycles. The quantitative estimate of drug-likeness (QED) is 0.668. The molecule has 1 aliphatic heterocycles. The number of phenolic OH excluding ortho intramolecular Hbond substituents is 1. The van der Waals surface area contributed by atoms with Crippen molar-refractivity contribution in [3.05, 3.63) is 84.4 Å². The molecule has 4 rings (SSSR count). The van der Waals surface area contributed by atoms with E-state index in [0.717, 1.165) is 11.1 Å². The van der Waals surface area contributed by atoms with E-state index in [9.17, 15) is 14.7 Å². The number of piperazine rings is 1. The minimum Gasteiger partial charge on any atom is -0.507 e. The number of para-hydroxylation sites is 1. The van der Waals surface area contributed by atoms with Gasteiger partial charge in [0.15, 0.2) is 6.10 Å². The molecule has 6 heteroatoms. The first-order valence-corrected chi connectivity index (χ1v) is 10.7. The van der Waals surface area contributed by atoms with Crippen molar-refractivity contribution in [2.45, 2.75) is 13.0 Å². The highest BCUT2D eigenvalue weighted by Crippen LogP contribution is 2.23. The lowest BCUT2D eigenvalue weighted by atomic mass is 10.1. The fraction of sp³-hybridized carbons (Fsp3) is 0.231. The minimum atomic E-state index is -0.627. The SMILES string of the molecule is CC(Oc1ccc(-c2ccccc2)cc1)C(=O)N1CCN(C(=O)c2ccccc2O)CC1. The van der Waals surface area contributed by atoms with Crippen LogP contribution in [0.15, 0.2) is 78.9 Å². The highest BCUT2D eigenvalue weighted by atomic mass is 16.5. The lowest BCUT2D eigenvalue weighted by molar-refractivity contribution is -0.139. The van der Waals surface area contributed by atoms with E-state index in [1.54, 1.807) is 34.9 Å². The summed E-state index contributed by atoms with van der Waals surface area (Å²) >= 11 is 0. The summed E-state index contributed by atoms with van der Waals surface area (Å²) in [5, 5.41) is 9.92. The molecular weight excluding hydrogens is 404 g/mol. The molecule has 3 aromatic rings. The number of hydrogen-bond acceptors (Lipinski definition) is 4. The van der Waals surface area contributed by atoms with Crippen LogP contribution >= 0.6 is 0 Å². The summed E-state index contributed by atoms with van der Waals surface area (Å²) in [7, 11) is 0. The maximum absolute atomic E-state index is 12.8. The largest absolute Gasteiger partial charge is 0.507 e. The number of hydrogen-bond donors (Lipinski definition) is 1. The molecule has 2 amide bonds. The van der Waals surface area contributed by atoms with Crippen LogP contribution in [0.25, 0.3) is 11.1 Å². The monoisotopic (exact) mass is 430 g/mol. The van der Waals surface area contributed by atoms with Crippen molar-refractivity contribution in [1.82, 2.24) is 9.80 Å². The van der Waals surface area contributed by atoms with Gasteiger partial charge in [0.05, 0.1) is 5.56 Å². The smallest absolute Gasteiger partial charge is 0.263 e. The van der Waals surface area contributed by atoms with Crippen LogP contribution in [0.2, 0.25) is 0 Å². The van der Waals surface area contributed by atoms with Crippen LogP contribution in [-0.2, 0) is 4.79 Å². The first kappa shape index (κ1) is 21.4. The van der Waals surface area contributed by atoms with E-state index in [1.807, 2.05) is 54.6 Å². The minimum absolute atomic E-state index is 0.0312. The van der Waals surface area contributed by atoms with Gasteiger partial charge < -0.3 is 19.6 Å². The van der Waals surface area contributed by atoms with Gasteiger partial charge in [0.25, 0.3) is 11.8 Å². The van der Waals surface area contributed by atoms with Crippen molar-refractivity contribution >= 4 is 11.8 Å². The molecule has 6 nitrogen and oxygen atoms in total. The third kappa shape index (κ3) is 4.75. The highest BCUT2D eigenvalue weighted by Gasteiger charge is 2.29. The maximum Gasteiger partial charge on any atom is 0.263 e. The van der Waals surface area contributed by atoms with Gasteiger partial charge in [-0.1, -0.05) is 54.6 Å². The summed E-state index contributed by atoms with van der Waals surface area (Å²) in [6, 6.07) is 24.3. The van der Waals surface area contributed by atoms with E-state index in [1.165, 1.54) is 6.07 Å². The van der Waals surface area contributed by atoms with Crippen LogP contribution in [0.5, 0.6) is 11.5 Å². The number of carbonyl (C=O) groups excluding carboxylic acids is 2. The van der Waals surface area contributed by atoms with Crippen LogP contribution < -0.4 is 4.74 Å². The zero-order valence-electron chi connectivity index (χ0n) is 18.0. The molecule has 32 heavy (non-hydrogen) atoms. The summed E-state index contributed by atoms with van der Waals surface area (Å²) in [5.74, 6) is 0.278. The van der Waals surface area contributed by atoms with Crippen molar-refractivity contribution in [1.29, 1.82) is 0 Å². The second-order valence-electron chi connectivity index (χ2n) is 7.79. The van der Waals surface area contributed by atoms with Gasteiger partial charge in [-0.25, -0.2) is 0 Å². The lowest BCUT2D eigenvalue weighted by Crippen LogP contribution is -2.53. The molecule has 1 saturated heterocycles. The molecule has 1 atom stereocenters. The van der Waals surface area contributed by atoms with Gasteiger partial charge in [-0.3, -0.25) is 9.59 Å². The third-order valence-corrected chi connectivity index (χ3v) is 5.64. The summed E-state index contributed by atoms with van der Waals surface area (Å²) in [5.41, 5.74) is 2.49. The topological polar surface area (TPSA) is 70.1 Å². The number of rotatable bonds is 5. The Morgan fingerprint density at radius 2 is 1.34 bits per heavy atom. The number of nitrogens with zero attached hydrogens (tertiary/aromatic N) is 2. The van der Waals surface area contributed by atoms with Gasteiger partial charge >= 0.3 is 0 Å². The predicted octanol–water partition coefficient (Wildman–Crippen LogP) is 3.81. The molecule has 1 unspecified atom stereocenters. The van der Waals surface area contributed by atoms with Crippen molar-refractivity contribution in [3.8, 4) is 22.6 Å². The molecule has 1 N–H and O–H groups in total. The maximum atomic E-state index is 12.8. The average Bonchev–Trinajstić information content (AvgIpc) is 2.84. The molecule has 1 aliphatic rings. The van der Waals surface area contributed by atoms with E-state index >= 15 is 0 Å². The molecule has 0 spiro atoms. The standard InChI is InChI=1S/C26H26N2O4/c1-19(32-22-13-11-21(12-14-22)20-7-3-2-4-8-20)25(30)27-15-17-28(18-16-27)26(31)23-9-5-6-10-24(23)29/h2-14,19,29H,15-18H2,1H3. The average molecular weight is 431 g/mol. The molecule has 0 saturated carbocycles. The zero-order valence-corrected chi connectivity index (χ0v) is 18.0. The van der Waals surface area contributed by atoms with Gasteiger partial charge in [0.1, 0.15) is 11.5 Å². The fourth-order valence-corrected chi connectivity index (χ4v) is 3.82. The number of amides is 2. The Hall–Kier alpha value is -3.80. The van der Waals surface area contributed by atoms with E-state index in [-0.39, 0.29) is 23.1 Å². The number of carbonyl (C=O) groups is 2. The van der Waals surface area contributed by atoms with Gasteiger partial charge in [0, 0.05) is 26.2 Å². The van der Waals surface area contributed by atoms with Gasteiger partial charge in [-0.05, 0) is 42.3 Å².